The molecule has 0 aromatic carbocycles. The first kappa shape index (κ1) is 17.1. The van der Waals surface area contributed by atoms with E-state index in [4.69, 9.17) is 0 Å². The highest BCUT2D eigenvalue weighted by molar-refractivity contribution is 7.08. The van der Waals surface area contributed by atoms with Gasteiger partial charge in [0, 0.05) is 43.8 Å². The number of amides is 2. The minimum atomic E-state index is -0.397. The second-order valence-corrected chi connectivity index (χ2v) is 7.91. The molecule has 4 heterocycles. The predicted molar refractivity (Wildman–Crippen MR) is 99.9 cm³/mol. The van der Waals surface area contributed by atoms with E-state index in [1.165, 1.54) is 6.33 Å². The van der Waals surface area contributed by atoms with Gasteiger partial charge >= 0.3 is 0 Å². The van der Waals surface area contributed by atoms with Crippen LogP contribution in [0.4, 0.5) is 5.69 Å². The summed E-state index contributed by atoms with van der Waals surface area (Å²) in [6.45, 7) is 2.05. The molecule has 4 rings (SSSR count). The van der Waals surface area contributed by atoms with Gasteiger partial charge in [-0.2, -0.15) is 11.3 Å². The molecule has 2 amide bonds. The zero-order valence-electron chi connectivity index (χ0n) is 14.6. The van der Waals surface area contributed by atoms with Gasteiger partial charge in [-0.05, 0) is 42.7 Å². The molecular weight excluding hydrogens is 348 g/mol. The third-order valence-corrected chi connectivity index (χ3v) is 6.17. The number of aryl methyl sites for hydroxylation is 1. The predicted octanol–water partition coefficient (Wildman–Crippen LogP) is 2.52. The molecule has 2 aliphatic heterocycles. The summed E-state index contributed by atoms with van der Waals surface area (Å²) >= 11 is 1.60. The number of carbonyl (C=O) groups is 2. The molecule has 26 heavy (non-hydrogen) atoms. The number of thiophene rings is 1. The average molecular weight is 370 g/mol. The number of hydrogen-bond acceptors (Lipinski definition) is 5. The third-order valence-electron chi connectivity index (χ3n) is 5.50. The Kier molecular flexibility index (Phi) is 4.72. The van der Waals surface area contributed by atoms with Crippen molar-refractivity contribution < 1.29 is 9.59 Å². The van der Waals surface area contributed by atoms with E-state index >= 15 is 0 Å². The SMILES string of the molecule is O=C(CCc1cncnc1)N1CCCC2(CCN(c3ccsc3)C2=O)C1. The fraction of sp³-hybridized carbons (Fsp3) is 0.474. The molecule has 7 heteroatoms. The third kappa shape index (κ3) is 3.23. The lowest BCUT2D eigenvalue weighted by molar-refractivity contribution is -0.138. The second kappa shape index (κ2) is 7.15. The first-order valence-corrected chi connectivity index (χ1v) is 9.98. The van der Waals surface area contributed by atoms with Crippen LogP contribution in [0.3, 0.4) is 0 Å². The van der Waals surface area contributed by atoms with Crippen molar-refractivity contribution in [1.29, 1.82) is 0 Å². The molecule has 1 atom stereocenters. The van der Waals surface area contributed by atoms with Crippen LogP contribution in [0.25, 0.3) is 0 Å². The Bertz CT molecular complexity index is 780. The summed E-state index contributed by atoms with van der Waals surface area (Å²) < 4.78 is 0. The topological polar surface area (TPSA) is 66.4 Å². The molecule has 0 radical (unpaired) electrons. The lowest BCUT2D eigenvalue weighted by Gasteiger charge is -2.39. The van der Waals surface area contributed by atoms with E-state index in [2.05, 4.69) is 9.97 Å². The molecule has 1 spiro atoms. The maximum absolute atomic E-state index is 13.1. The van der Waals surface area contributed by atoms with Gasteiger partial charge in [0.2, 0.25) is 11.8 Å². The van der Waals surface area contributed by atoms with E-state index in [1.54, 1.807) is 23.7 Å². The zero-order chi connectivity index (χ0) is 18.0. The van der Waals surface area contributed by atoms with Crippen LogP contribution in [0, 0.1) is 5.41 Å². The monoisotopic (exact) mass is 370 g/mol. The van der Waals surface area contributed by atoms with E-state index in [0.29, 0.717) is 19.4 Å². The molecule has 2 aromatic heterocycles. The number of rotatable bonds is 4. The van der Waals surface area contributed by atoms with Crippen molar-refractivity contribution >= 4 is 28.8 Å². The normalized spacial score (nSPS) is 23.0. The molecule has 2 saturated heterocycles. The van der Waals surface area contributed by atoms with Gasteiger partial charge in [0.1, 0.15) is 6.33 Å². The van der Waals surface area contributed by atoms with Crippen LogP contribution >= 0.6 is 11.3 Å². The maximum atomic E-state index is 13.1. The summed E-state index contributed by atoms with van der Waals surface area (Å²) in [4.78, 5) is 37.6. The number of piperidine rings is 1. The average Bonchev–Trinajstić information content (AvgIpc) is 3.30. The highest BCUT2D eigenvalue weighted by atomic mass is 32.1. The standard InChI is InChI=1S/C19H22N4O2S/c24-17(3-2-15-10-20-14-21-11-15)22-7-1-5-19(13-22)6-8-23(18(19)25)16-4-9-26-12-16/h4,9-12,14H,1-3,5-8,13H2. The van der Waals surface area contributed by atoms with Crippen molar-refractivity contribution in [3.8, 4) is 0 Å². The Hall–Kier alpha value is -2.28. The van der Waals surface area contributed by atoms with Crippen molar-refractivity contribution in [3.63, 3.8) is 0 Å². The summed E-state index contributed by atoms with van der Waals surface area (Å²) in [6, 6.07) is 2.00. The summed E-state index contributed by atoms with van der Waals surface area (Å²) in [5.41, 5.74) is 1.56. The van der Waals surface area contributed by atoms with E-state index in [0.717, 1.165) is 43.6 Å². The molecule has 1 unspecified atom stereocenters. The molecule has 0 bridgehead atoms. The second-order valence-electron chi connectivity index (χ2n) is 7.13. The van der Waals surface area contributed by atoms with E-state index in [1.807, 2.05) is 26.6 Å². The molecule has 0 N–H and O–H groups in total. The Morgan fingerprint density at radius 2 is 2.08 bits per heavy atom. The maximum Gasteiger partial charge on any atom is 0.235 e. The highest BCUT2D eigenvalue weighted by Gasteiger charge is 2.49. The van der Waals surface area contributed by atoms with Gasteiger partial charge in [0.25, 0.3) is 0 Å². The van der Waals surface area contributed by atoms with Gasteiger partial charge in [0.05, 0.1) is 11.1 Å². The number of aromatic nitrogens is 2. The molecular formula is C19H22N4O2S. The van der Waals surface area contributed by atoms with Gasteiger partial charge in [-0.3, -0.25) is 9.59 Å². The summed E-state index contributed by atoms with van der Waals surface area (Å²) in [7, 11) is 0. The van der Waals surface area contributed by atoms with Crippen LogP contribution in [-0.4, -0.2) is 46.3 Å². The lowest BCUT2D eigenvalue weighted by atomic mass is 9.78. The first-order valence-electron chi connectivity index (χ1n) is 9.04. The molecule has 2 aromatic rings. The summed E-state index contributed by atoms with van der Waals surface area (Å²) in [5.74, 6) is 0.305. The zero-order valence-corrected chi connectivity index (χ0v) is 15.5. The molecule has 2 aliphatic rings. The van der Waals surface area contributed by atoms with Gasteiger partial charge < -0.3 is 9.80 Å². The number of carbonyl (C=O) groups excluding carboxylic acids is 2. The molecule has 136 valence electrons. The highest BCUT2D eigenvalue weighted by Crippen LogP contribution is 2.42. The van der Waals surface area contributed by atoms with Crippen LogP contribution in [0.2, 0.25) is 0 Å². The number of hydrogen-bond donors (Lipinski definition) is 0. The van der Waals surface area contributed by atoms with E-state index < -0.39 is 5.41 Å². The van der Waals surface area contributed by atoms with Gasteiger partial charge in [-0.15, -0.1) is 0 Å². The van der Waals surface area contributed by atoms with Crippen LogP contribution < -0.4 is 4.90 Å². The number of likely N-dealkylation sites (tertiary alicyclic amines) is 1. The van der Waals surface area contributed by atoms with Crippen molar-refractivity contribution in [1.82, 2.24) is 14.9 Å². The van der Waals surface area contributed by atoms with Crippen LogP contribution in [0.15, 0.2) is 35.5 Å². The first-order chi connectivity index (χ1) is 12.7. The van der Waals surface area contributed by atoms with Crippen LogP contribution in [0.5, 0.6) is 0 Å². The largest absolute Gasteiger partial charge is 0.342 e. The molecule has 2 fully saturated rings. The fourth-order valence-corrected chi connectivity index (χ4v) is 4.71. The molecule has 6 nitrogen and oxygen atoms in total. The smallest absolute Gasteiger partial charge is 0.235 e. The summed E-state index contributed by atoms with van der Waals surface area (Å²) in [5, 5.41) is 4.02. The number of nitrogens with zero attached hydrogens (tertiary/aromatic N) is 4. The van der Waals surface area contributed by atoms with Crippen molar-refractivity contribution in [3.05, 3.63) is 41.1 Å². The van der Waals surface area contributed by atoms with Crippen LogP contribution in [0.1, 0.15) is 31.2 Å². The quantitative estimate of drug-likeness (QED) is 0.829. The Morgan fingerprint density at radius 3 is 2.85 bits per heavy atom. The minimum Gasteiger partial charge on any atom is -0.342 e. The van der Waals surface area contributed by atoms with Crippen molar-refractivity contribution in [2.45, 2.75) is 32.1 Å². The lowest BCUT2D eigenvalue weighted by Crippen LogP contribution is -2.50. The van der Waals surface area contributed by atoms with Crippen molar-refractivity contribution in [2.24, 2.45) is 5.41 Å². The van der Waals surface area contributed by atoms with Gasteiger partial charge in [-0.1, -0.05) is 0 Å². The van der Waals surface area contributed by atoms with Gasteiger partial charge in [0.15, 0.2) is 0 Å². The summed E-state index contributed by atoms with van der Waals surface area (Å²) in [6.07, 6.45) is 8.66. The van der Waals surface area contributed by atoms with Crippen LogP contribution in [-0.2, 0) is 16.0 Å². The number of anilines is 1. The van der Waals surface area contributed by atoms with Crippen molar-refractivity contribution in [2.75, 3.05) is 24.5 Å². The van der Waals surface area contributed by atoms with E-state index in [9.17, 15) is 9.59 Å². The minimum absolute atomic E-state index is 0.120. The van der Waals surface area contributed by atoms with Gasteiger partial charge in [-0.25, -0.2) is 9.97 Å². The molecule has 0 aliphatic carbocycles. The molecule has 0 saturated carbocycles. The fourth-order valence-electron chi connectivity index (χ4n) is 4.07. The Labute approximate surface area is 156 Å². The Morgan fingerprint density at radius 1 is 1.23 bits per heavy atom. The Balaban J connectivity index is 1.41. The van der Waals surface area contributed by atoms with E-state index in [-0.39, 0.29) is 11.8 Å².